The highest BCUT2D eigenvalue weighted by atomic mass is 16.2. The predicted octanol–water partition coefficient (Wildman–Crippen LogP) is 2.33. The van der Waals surface area contributed by atoms with Crippen LogP contribution in [-0.2, 0) is 4.79 Å². The molecule has 0 aromatic carbocycles. The molecule has 1 rings (SSSR count). The van der Waals surface area contributed by atoms with E-state index in [1.165, 1.54) is 6.42 Å². The summed E-state index contributed by atoms with van der Waals surface area (Å²) in [6.45, 7) is 15.4. The number of nitrogens with zero attached hydrogens (tertiary/aromatic N) is 2. The second-order valence-corrected chi connectivity index (χ2v) is 7.57. The lowest BCUT2D eigenvalue weighted by atomic mass is 9.80. The Morgan fingerprint density at radius 1 is 1.19 bits per heavy atom. The molecule has 2 N–H and O–H groups in total. The summed E-state index contributed by atoms with van der Waals surface area (Å²) in [5.41, 5.74) is 6.07. The Morgan fingerprint density at radius 2 is 1.76 bits per heavy atom. The van der Waals surface area contributed by atoms with Crippen molar-refractivity contribution in [1.29, 1.82) is 0 Å². The summed E-state index contributed by atoms with van der Waals surface area (Å²) < 4.78 is 0. The fraction of sp³-hybridized carbons (Fsp3) is 0.941. The molecule has 1 aliphatic heterocycles. The molecule has 4 nitrogen and oxygen atoms in total. The van der Waals surface area contributed by atoms with Crippen molar-refractivity contribution in [3.8, 4) is 0 Å². The second-order valence-electron chi connectivity index (χ2n) is 7.57. The lowest BCUT2D eigenvalue weighted by Gasteiger charge is -2.39. The van der Waals surface area contributed by atoms with Crippen molar-refractivity contribution < 1.29 is 4.79 Å². The Hall–Kier alpha value is -0.610. The number of hydrogen-bond donors (Lipinski definition) is 1. The van der Waals surface area contributed by atoms with E-state index < -0.39 is 0 Å². The molecule has 124 valence electrons. The molecule has 1 fully saturated rings. The highest BCUT2D eigenvalue weighted by molar-refractivity contribution is 5.76. The van der Waals surface area contributed by atoms with E-state index in [0.717, 1.165) is 39.1 Å². The summed E-state index contributed by atoms with van der Waals surface area (Å²) in [6, 6.07) is 0.487. The van der Waals surface area contributed by atoms with E-state index >= 15 is 0 Å². The predicted molar refractivity (Wildman–Crippen MR) is 89.1 cm³/mol. The Morgan fingerprint density at radius 3 is 2.19 bits per heavy atom. The van der Waals surface area contributed by atoms with E-state index in [0.29, 0.717) is 24.3 Å². The maximum atomic E-state index is 12.4. The van der Waals surface area contributed by atoms with Gasteiger partial charge in [0.05, 0.1) is 0 Å². The molecule has 0 spiro atoms. The van der Waals surface area contributed by atoms with Gasteiger partial charge in [-0.15, -0.1) is 0 Å². The molecule has 0 aliphatic carbocycles. The molecule has 1 aliphatic rings. The molecule has 0 saturated carbocycles. The van der Waals surface area contributed by atoms with Crippen LogP contribution in [0.3, 0.4) is 0 Å². The molecule has 21 heavy (non-hydrogen) atoms. The van der Waals surface area contributed by atoms with E-state index in [1.54, 1.807) is 0 Å². The van der Waals surface area contributed by atoms with Crippen LogP contribution in [0, 0.1) is 11.3 Å². The molecule has 2 unspecified atom stereocenters. The van der Waals surface area contributed by atoms with Gasteiger partial charge in [0, 0.05) is 45.2 Å². The molecule has 1 heterocycles. The third-order valence-electron chi connectivity index (χ3n) is 5.04. The highest BCUT2D eigenvalue weighted by Gasteiger charge is 2.28. The average Bonchev–Trinajstić information content (AvgIpc) is 2.43. The lowest BCUT2D eigenvalue weighted by Crippen LogP contribution is -2.53. The largest absolute Gasteiger partial charge is 0.340 e. The summed E-state index contributed by atoms with van der Waals surface area (Å²) >= 11 is 0. The first-order chi connectivity index (χ1) is 9.79. The smallest absolute Gasteiger partial charge is 0.222 e. The van der Waals surface area contributed by atoms with E-state index in [2.05, 4.69) is 39.5 Å². The average molecular weight is 297 g/mol. The van der Waals surface area contributed by atoms with Gasteiger partial charge in [-0.25, -0.2) is 0 Å². The zero-order valence-corrected chi connectivity index (χ0v) is 14.7. The SMILES string of the molecule is CCCC(CN)N1CCN(C(=O)CC(C)C(C)(C)C)CC1. The van der Waals surface area contributed by atoms with E-state index in [4.69, 9.17) is 5.73 Å². The normalized spacial score (nSPS) is 20.4. The summed E-state index contributed by atoms with van der Waals surface area (Å²) in [6.07, 6.45) is 2.99. The quantitative estimate of drug-likeness (QED) is 0.818. The van der Waals surface area contributed by atoms with Gasteiger partial charge in [-0.2, -0.15) is 0 Å². The van der Waals surface area contributed by atoms with Gasteiger partial charge in [0.2, 0.25) is 5.91 Å². The molecule has 1 saturated heterocycles. The number of amides is 1. The van der Waals surface area contributed by atoms with Crippen molar-refractivity contribution in [2.24, 2.45) is 17.1 Å². The molecular formula is C17H35N3O. The molecule has 4 heteroatoms. The Kier molecular flexibility index (Phi) is 7.14. The van der Waals surface area contributed by atoms with Crippen LogP contribution in [0.2, 0.25) is 0 Å². The number of carbonyl (C=O) groups excluding carboxylic acids is 1. The van der Waals surface area contributed by atoms with Crippen LogP contribution in [0.1, 0.15) is 53.9 Å². The minimum absolute atomic E-state index is 0.198. The minimum atomic E-state index is 0.198. The molecule has 0 aromatic heterocycles. The van der Waals surface area contributed by atoms with Crippen molar-refractivity contribution >= 4 is 5.91 Å². The Balaban J connectivity index is 2.43. The van der Waals surface area contributed by atoms with Crippen LogP contribution in [0.4, 0.5) is 0 Å². The van der Waals surface area contributed by atoms with Gasteiger partial charge in [0.1, 0.15) is 0 Å². The number of hydrogen-bond acceptors (Lipinski definition) is 3. The third kappa shape index (κ3) is 5.59. The van der Waals surface area contributed by atoms with E-state index in [-0.39, 0.29) is 5.41 Å². The monoisotopic (exact) mass is 297 g/mol. The van der Waals surface area contributed by atoms with Crippen LogP contribution in [-0.4, -0.2) is 54.5 Å². The minimum Gasteiger partial charge on any atom is -0.340 e. The zero-order valence-electron chi connectivity index (χ0n) is 14.7. The van der Waals surface area contributed by atoms with Crippen molar-refractivity contribution in [2.45, 2.75) is 59.9 Å². The van der Waals surface area contributed by atoms with Crippen molar-refractivity contribution in [3.63, 3.8) is 0 Å². The Bertz CT molecular complexity index is 316. The molecular weight excluding hydrogens is 262 g/mol. The van der Waals surface area contributed by atoms with Gasteiger partial charge in [-0.3, -0.25) is 9.69 Å². The summed E-state index contributed by atoms with van der Waals surface area (Å²) in [7, 11) is 0. The molecule has 0 bridgehead atoms. The second kappa shape index (κ2) is 8.14. The van der Waals surface area contributed by atoms with Gasteiger partial charge in [-0.1, -0.05) is 41.0 Å². The first kappa shape index (κ1) is 18.4. The first-order valence-corrected chi connectivity index (χ1v) is 8.51. The van der Waals surface area contributed by atoms with Crippen LogP contribution < -0.4 is 5.73 Å². The van der Waals surface area contributed by atoms with Crippen molar-refractivity contribution in [1.82, 2.24) is 9.80 Å². The fourth-order valence-corrected chi connectivity index (χ4v) is 2.82. The summed E-state index contributed by atoms with van der Waals surface area (Å²) in [5, 5.41) is 0. The fourth-order valence-electron chi connectivity index (χ4n) is 2.82. The van der Waals surface area contributed by atoms with E-state index in [1.807, 2.05) is 4.90 Å². The van der Waals surface area contributed by atoms with Crippen molar-refractivity contribution in [3.05, 3.63) is 0 Å². The number of rotatable bonds is 6. The molecule has 0 aromatic rings. The van der Waals surface area contributed by atoms with Crippen molar-refractivity contribution in [2.75, 3.05) is 32.7 Å². The van der Waals surface area contributed by atoms with Crippen LogP contribution in [0.25, 0.3) is 0 Å². The lowest BCUT2D eigenvalue weighted by molar-refractivity contribution is -0.135. The number of nitrogens with two attached hydrogens (primary N) is 1. The van der Waals surface area contributed by atoms with Crippen LogP contribution >= 0.6 is 0 Å². The standard InChI is InChI=1S/C17H35N3O/c1-6-7-15(13-18)19-8-10-20(11-9-19)16(21)12-14(2)17(3,4)5/h14-15H,6-13,18H2,1-5H3. The maximum absolute atomic E-state index is 12.4. The van der Waals surface area contributed by atoms with E-state index in [9.17, 15) is 4.79 Å². The number of piperazine rings is 1. The third-order valence-corrected chi connectivity index (χ3v) is 5.04. The van der Waals surface area contributed by atoms with Crippen LogP contribution in [0.15, 0.2) is 0 Å². The number of carbonyl (C=O) groups is 1. The molecule has 1 amide bonds. The summed E-state index contributed by atoms with van der Waals surface area (Å²) in [4.78, 5) is 16.9. The Labute approximate surface area is 131 Å². The maximum Gasteiger partial charge on any atom is 0.222 e. The van der Waals surface area contributed by atoms with Gasteiger partial charge < -0.3 is 10.6 Å². The highest BCUT2D eigenvalue weighted by Crippen LogP contribution is 2.28. The van der Waals surface area contributed by atoms with Gasteiger partial charge in [0.15, 0.2) is 0 Å². The van der Waals surface area contributed by atoms with Gasteiger partial charge in [0.25, 0.3) is 0 Å². The van der Waals surface area contributed by atoms with Gasteiger partial charge in [-0.05, 0) is 17.8 Å². The topological polar surface area (TPSA) is 49.6 Å². The molecule has 0 radical (unpaired) electrons. The molecule has 2 atom stereocenters. The first-order valence-electron chi connectivity index (χ1n) is 8.51. The summed E-state index contributed by atoms with van der Waals surface area (Å²) in [5.74, 6) is 0.733. The zero-order chi connectivity index (χ0) is 16.0. The van der Waals surface area contributed by atoms with Crippen LogP contribution in [0.5, 0.6) is 0 Å². The van der Waals surface area contributed by atoms with Gasteiger partial charge >= 0.3 is 0 Å².